The van der Waals surface area contributed by atoms with E-state index in [1.807, 2.05) is 30.3 Å². The minimum atomic E-state index is -0.806. The van der Waals surface area contributed by atoms with Gasteiger partial charge in [0.15, 0.2) is 0 Å². The zero-order chi connectivity index (χ0) is 20.8. The number of hydrogen-bond donors (Lipinski definition) is 2. The number of nitrogens with zero attached hydrogens (tertiary/aromatic N) is 3. The quantitative estimate of drug-likeness (QED) is 0.546. The van der Waals surface area contributed by atoms with Crippen LogP contribution in [-0.2, 0) is 10.3 Å². The van der Waals surface area contributed by atoms with Crippen molar-refractivity contribution < 1.29 is 18.7 Å². The Labute approximate surface area is 174 Å². The summed E-state index contributed by atoms with van der Waals surface area (Å²) >= 11 is 0. The molecule has 30 heavy (non-hydrogen) atoms. The molecule has 0 saturated carbocycles. The van der Waals surface area contributed by atoms with Gasteiger partial charge in [-0.05, 0) is 36.4 Å². The van der Waals surface area contributed by atoms with Gasteiger partial charge in [0, 0.05) is 31.5 Å². The van der Waals surface area contributed by atoms with Crippen LogP contribution in [-0.4, -0.2) is 54.6 Å². The molecular formula is C21H23N5O4. The van der Waals surface area contributed by atoms with Gasteiger partial charge in [-0.15, -0.1) is 0 Å². The van der Waals surface area contributed by atoms with Gasteiger partial charge in [0.2, 0.25) is 6.41 Å². The summed E-state index contributed by atoms with van der Waals surface area (Å²) in [5.41, 5.74) is 0.597. The third-order valence-corrected chi connectivity index (χ3v) is 5.06. The van der Waals surface area contributed by atoms with Crippen molar-refractivity contribution in [2.24, 2.45) is 0 Å². The lowest BCUT2D eigenvalue weighted by molar-refractivity contribution is -0.127. The second kappa shape index (κ2) is 8.83. The molecule has 3 heterocycles. The van der Waals surface area contributed by atoms with Crippen LogP contribution in [0.4, 0.5) is 11.7 Å². The van der Waals surface area contributed by atoms with Crippen molar-refractivity contribution in [2.75, 3.05) is 38.7 Å². The summed E-state index contributed by atoms with van der Waals surface area (Å²) in [4.78, 5) is 22.2. The number of carbonyl (C=O) groups is 1. The molecule has 0 aliphatic carbocycles. The molecule has 1 atom stereocenters. The second-order valence-electron chi connectivity index (χ2n) is 6.88. The molecule has 2 N–H and O–H groups in total. The number of nitrogens with one attached hydrogen (secondary N) is 2. The lowest BCUT2D eigenvalue weighted by atomic mass is 9.92. The van der Waals surface area contributed by atoms with Crippen LogP contribution in [0.5, 0.6) is 11.5 Å². The fraction of sp³-hybridized carbons (Fsp3) is 0.286. The standard InChI is InChI=1S/C21H23N5O4/c1-28-17-6-4-16(5-7-17)24-20-25-19(12-29-20)21(13-23-9-10-26(21)15-27)14-30-18-3-2-8-22-11-18/h2-8,11-12,15,23H,9-10,13-14H2,1H3,(H,24,25). The lowest BCUT2D eigenvalue weighted by Crippen LogP contribution is -2.61. The van der Waals surface area contributed by atoms with Gasteiger partial charge in [-0.25, -0.2) is 0 Å². The van der Waals surface area contributed by atoms with Crippen molar-refractivity contribution in [3.63, 3.8) is 0 Å². The number of amides is 1. The van der Waals surface area contributed by atoms with E-state index in [2.05, 4.69) is 20.6 Å². The molecule has 4 rings (SSSR count). The zero-order valence-electron chi connectivity index (χ0n) is 16.6. The van der Waals surface area contributed by atoms with E-state index < -0.39 is 5.54 Å². The van der Waals surface area contributed by atoms with E-state index in [4.69, 9.17) is 13.9 Å². The van der Waals surface area contributed by atoms with Gasteiger partial charge in [0.25, 0.3) is 6.01 Å². The molecule has 1 fully saturated rings. The highest BCUT2D eigenvalue weighted by atomic mass is 16.5. The minimum Gasteiger partial charge on any atom is -0.497 e. The summed E-state index contributed by atoms with van der Waals surface area (Å²) in [6.07, 6.45) is 5.70. The molecule has 0 radical (unpaired) electrons. The molecule has 3 aromatic rings. The highest BCUT2D eigenvalue weighted by Gasteiger charge is 2.44. The van der Waals surface area contributed by atoms with Crippen LogP contribution in [0.25, 0.3) is 0 Å². The van der Waals surface area contributed by atoms with Crippen molar-refractivity contribution in [1.29, 1.82) is 0 Å². The zero-order valence-corrected chi connectivity index (χ0v) is 16.6. The van der Waals surface area contributed by atoms with E-state index in [-0.39, 0.29) is 6.61 Å². The largest absolute Gasteiger partial charge is 0.497 e. The number of hydrogen-bond acceptors (Lipinski definition) is 8. The summed E-state index contributed by atoms with van der Waals surface area (Å²) in [5.74, 6) is 1.38. The van der Waals surface area contributed by atoms with E-state index in [0.29, 0.717) is 37.1 Å². The molecule has 9 heteroatoms. The highest BCUT2D eigenvalue weighted by molar-refractivity contribution is 5.55. The second-order valence-corrected chi connectivity index (χ2v) is 6.88. The third-order valence-electron chi connectivity index (χ3n) is 5.06. The van der Waals surface area contributed by atoms with E-state index >= 15 is 0 Å². The summed E-state index contributed by atoms with van der Waals surface area (Å²) in [6, 6.07) is 11.4. The number of pyridine rings is 1. The molecule has 0 spiro atoms. The van der Waals surface area contributed by atoms with E-state index in [0.717, 1.165) is 17.8 Å². The van der Waals surface area contributed by atoms with Gasteiger partial charge in [-0.1, -0.05) is 0 Å². The summed E-state index contributed by atoms with van der Waals surface area (Å²) in [7, 11) is 1.62. The Kier molecular flexibility index (Phi) is 5.80. The van der Waals surface area contributed by atoms with Gasteiger partial charge in [-0.2, -0.15) is 4.98 Å². The minimum absolute atomic E-state index is 0.207. The van der Waals surface area contributed by atoms with Crippen molar-refractivity contribution in [3.05, 3.63) is 60.7 Å². The summed E-state index contributed by atoms with van der Waals surface area (Å²) < 4.78 is 16.8. The van der Waals surface area contributed by atoms with Crippen molar-refractivity contribution in [3.8, 4) is 11.5 Å². The monoisotopic (exact) mass is 409 g/mol. The Morgan fingerprint density at radius 1 is 1.30 bits per heavy atom. The van der Waals surface area contributed by atoms with Gasteiger partial charge in [-0.3, -0.25) is 9.78 Å². The number of rotatable bonds is 8. The Balaban J connectivity index is 1.58. The van der Waals surface area contributed by atoms with Gasteiger partial charge >= 0.3 is 0 Å². The first-order valence-electron chi connectivity index (χ1n) is 9.56. The average Bonchev–Trinajstić information content (AvgIpc) is 3.28. The number of benzene rings is 1. The molecule has 156 valence electrons. The molecule has 1 amide bonds. The predicted octanol–water partition coefficient (Wildman–Crippen LogP) is 2.16. The molecule has 1 aliphatic rings. The average molecular weight is 409 g/mol. The molecule has 0 bridgehead atoms. The topological polar surface area (TPSA) is 102 Å². The molecular weight excluding hydrogens is 386 g/mol. The first-order chi connectivity index (χ1) is 14.7. The Hall–Kier alpha value is -3.59. The number of piperazine rings is 1. The Morgan fingerprint density at radius 3 is 2.90 bits per heavy atom. The van der Waals surface area contributed by atoms with Crippen molar-refractivity contribution in [1.82, 2.24) is 20.2 Å². The van der Waals surface area contributed by atoms with Gasteiger partial charge in [0.1, 0.15) is 35.6 Å². The maximum Gasteiger partial charge on any atom is 0.299 e. The fourth-order valence-corrected chi connectivity index (χ4v) is 3.39. The fourth-order valence-electron chi connectivity index (χ4n) is 3.39. The summed E-state index contributed by atoms with van der Waals surface area (Å²) in [6.45, 7) is 1.93. The molecule has 1 saturated heterocycles. The van der Waals surface area contributed by atoms with Crippen LogP contribution in [0.1, 0.15) is 5.69 Å². The Bertz CT molecular complexity index is 963. The summed E-state index contributed by atoms with van der Waals surface area (Å²) in [5, 5.41) is 6.46. The van der Waals surface area contributed by atoms with Gasteiger partial charge in [0.05, 0.1) is 13.3 Å². The molecule has 1 aromatic carbocycles. The number of anilines is 2. The van der Waals surface area contributed by atoms with Crippen LogP contribution < -0.4 is 20.1 Å². The molecule has 9 nitrogen and oxygen atoms in total. The van der Waals surface area contributed by atoms with Crippen LogP contribution in [0.3, 0.4) is 0 Å². The maximum absolute atomic E-state index is 11.9. The highest BCUT2D eigenvalue weighted by Crippen LogP contribution is 2.31. The van der Waals surface area contributed by atoms with Crippen molar-refractivity contribution in [2.45, 2.75) is 5.54 Å². The lowest BCUT2D eigenvalue weighted by Gasteiger charge is -2.43. The molecule has 2 aromatic heterocycles. The van der Waals surface area contributed by atoms with Crippen LogP contribution in [0.2, 0.25) is 0 Å². The third kappa shape index (κ3) is 4.06. The number of oxazole rings is 1. The van der Waals surface area contributed by atoms with E-state index in [9.17, 15) is 4.79 Å². The maximum atomic E-state index is 11.9. The molecule has 1 aliphatic heterocycles. The number of carbonyl (C=O) groups excluding carboxylic acids is 1. The van der Waals surface area contributed by atoms with Crippen LogP contribution >= 0.6 is 0 Å². The van der Waals surface area contributed by atoms with Gasteiger partial charge < -0.3 is 29.4 Å². The number of aromatic nitrogens is 2. The number of ether oxygens (including phenoxy) is 2. The Morgan fingerprint density at radius 2 is 2.17 bits per heavy atom. The first kappa shape index (κ1) is 19.7. The molecule has 1 unspecified atom stereocenters. The first-order valence-corrected chi connectivity index (χ1v) is 9.56. The van der Waals surface area contributed by atoms with Crippen molar-refractivity contribution >= 4 is 18.1 Å². The SMILES string of the molecule is COc1ccc(Nc2nc(C3(COc4cccnc4)CNCCN3C=O)co2)cc1. The smallest absolute Gasteiger partial charge is 0.299 e. The number of methoxy groups -OCH3 is 1. The van der Waals surface area contributed by atoms with E-state index in [1.165, 1.54) is 0 Å². The normalized spacial score (nSPS) is 18.6. The predicted molar refractivity (Wildman–Crippen MR) is 110 cm³/mol. The van der Waals surface area contributed by atoms with Crippen LogP contribution in [0.15, 0.2) is 59.5 Å². The van der Waals surface area contributed by atoms with E-state index in [1.54, 1.807) is 36.7 Å². The van der Waals surface area contributed by atoms with Crippen LogP contribution in [0, 0.1) is 0 Å².